The molecule has 0 N–H and O–H groups in total. The molecule has 0 spiro atoms. The first-order valence-electron chi connectivity index (χ1n) is 9.92. The van der Waals surface area contributed by atoms with Crippen LogP contribution in [0.1, 0.15) is 69.2 Å². The summed E-state index contributed by atoms with van der Waals surface area (Å²) in [7, 11) is 0.0214. The van der Waals surface area contributed by atoms with E-state index in [9.17, 15) is 0 Å². The number of hydrogen-bond acceptors (Lipinski definition) is 0. The largest absolute Gasteiger partial charge is 0.164 e. The molecule has 0 unspecified atom stereocenters. The van der Waals surface area contributed by atoms with Crippen molar-refractivity contribution in [2.24, 2.45) is 0 Å². The molecule has 1 rings (SSSR count). The Labute approximate surface area is 161 Å². The predicted molar refractivity (Wildman–Crippen MR) is 123 cm³/mol. The van der Waals surface area contributed by atoms with Crippen LogP contribution in [0.2, 0.25) is 0 Å². The fourth-order valence-electron chi connectivity index (χ4n) is 3.89. The van der Waals surface area contributed by atoms with Crippen LogP contribution in [0, 0.1) is 6.42 Å². The topological polar surface area (TPSA) is 0 Å². The molecule has 0 saturated heterocycles. The second-order valence-corrected chi connectivity index (χ2v) is 15.5. The molecule has 0 fully saturated rings. The fraction of sp³-hybridized carbons (Fsp3) is 0.696. The van der Waals surface area contributed by atoms with Gasteiger partial charge in [-0.15, -0.1) is 39.1 Å². The molecular weight excluding hydrogens is 338 g/mol. The Balaban J connectivity index is 3.09. The van der Waals surface area contributed by atoms with E-state index in [0.29, 0.717) is 0 Å². The van der Waals surface area contributed by atoms with Gasteiger partial charge in [-0.1, -0.05) is 81.6 Å². The smallest absolute Gasteiger partial charge is 0.0270 e. The minimum Gasteiger partial charge on any atom is -0.164 e. The van der Waals surface area contributed by atoms with E-state index < -0.39 is 0 Å². The standard InChI is InChI=1S/C23H41P2/c1-15(2)24(16(3)4)13-22-19(9)12-20(10)23(21(22)11)14-25(17(5)6)18(7)8/h12,15-18H,11,13-14H2,1-10H3/q-1. The Morgan fingerprint density at radius 3 is 1.20 bits per heavy atom. The van der Waals surface area contributed by atoms with Gasteiger partial charge in [-0.05, 0) is 22.6 Å². The van der Waals surface area contributed by atoms with Crippen LogP contribution < -0.4 is 0 Å². The summed E-state index contributed by atoms with van der Waals surface area (Å²) in [5, 5.41) is 0. The van der Waals surface area contributed by atoms with Crippen LogP contribution in [-0.2, 0) is 0 Å². The zero-order chi connectivity index (χ0) is 19.5. The van der Waals surface area contributed by atoms with E-state index in [-0.39, 0.29) is 15.8 Å². The maximum Gasteiger partial charge on any atom is -0.0270 e. The Kier molecular flexibility index (Phi) is 8.98. The third-order valence-electron chi connectivity index (χ3n) is 5.45. The molecule has 0 atom stereocenters. The van der Waals surface area contributed by atoms with E-state index in [1.807, 2.05) is 0 Å². The molecule has 2 heteroatoms. The Morgan fingerprint density at radius 2 is 0.960 bits per heavy atom. The van der Waals surface area contributed by atoms with Crippen molar-refractivity contribution in [2.75, 3.05) is 12.3 Å². The molecule has 0 aliphatic heterocycles. The maximum atomic E-state index is 4.61. The van der Waals surface area contributed by atoms with Gasteiger partial charge in [-0.25, -0.2) is 0 Å². The van der Waals surface area contributed by atoms with Crippen LogP contribution >= 0.6 is 15.8 Å². The SMILES string of the molecule is C=C1C(CP(C(C)C)C(C)C)=C(C)[CH-]C(C)=C1CP(C(C)C)C(C)C. The third kappa shape index (κ3) is 5.97. The van der Waals surface area contributed by atoms with Crippen molar-refractivity contribution in [3.8, 4) is 0 Å². The minimum absolute atomic E-state index is 0.0107. The molecule has 0 heterocycles. The lowest BCUT2D eigenvalue weighted by Gasteiger charge is -2.40. The Morgan fingerprint density at radius 1 is 0.680 bits per heavy atom. The number of allylic oxidation sites excluding steroid dienone is 5. The molecule has 0 aromatic heterocycles. The van der Waals surface area contributed by atoms with E-state index in [1.165, 1.54) is 29.0 Å². The average Bonchev–Trinajstić information content (AvgIpc) is 2.44. The minimum atomic E-state index is 0.0107. The molecular formula is C23H41P2-. The van der Waals surface area contributed by atoms with Gasteiger partial charge in [-0.3, -0.25) is 0 Å². The third-order valence-corrected chi connectivity index (χ3v) is 12.1. The summed E-state index contributed by atoms with van der Waals surface area (Å²) in [4.78, 5) is 0. The highest BCUT2D eigenvalue weighted by atomic mass is 31.1. The first-order chi connectivity index (χ1) is 11.5. The lowest BCUT2D eigenvalue weighted by molar-refractivity contribution is 0.993. The van der Waals surface area contributed by atoms with Gasteiger partial charge in [0.05, 0.1) is 0 Å². The van der Waals surface area contributed by atoms with E-state index in [1.54, 1.807) is 11.1 Å². The Bertz CT molecular complexity index is 470. The lowest BCUT2D eigenvalue weighted by atomic mass is 9.85. The molecule has 0 amide bonds. The summed E-state index contributed by atoms with van der Waals surface area (Å²) in [5.74, 6) is 0. The van der Waals surface area contributed by atoms with Crippen molar-refractivity contribution in [3.05, 3.63) is 40.9 Å². The average molecular weight is 380 g/mol. The second kappa shape index (κ2) is 9.76. The number of rotatable bonds is 8. The van der Waals surface area contributed by atoms with Crippen LogP contribution in [0.5, 0.6) is 0 Å². The first kappa shape index (κ1) is 23.0. The summed E-state index contributed by atoms with van der Waals surface area (Å²) in [5.41, 5.74) is 10.5. The van der Waals surface area contributed by atoms with Crippen molar-refractivity contribution in [2.45, 2.75) is 91.9 Å². The molecule has 0 aromatic carbocycles. The first-order valence-corrected chi connectivity index (χ1v) is 13.3. The van der Waals surface area contributed by atoms with Crippen LogP contribution in [0.15, 0.2) is 34.4 Å². The predicted octanol–water partition coefficient (Wildman–Crippen LogP) is 7.99. The van der Waals surface area contributed by atoms with Crippen LogP contribution in [-0.4, -0.2) is 35.0 Å². The highest BCUT2D eigenvalue weighted by Gasteiger charge is 2.22. The molecule has 0 nitrogen and oxygen atoms in total. The normalized spacial score (nSPS) is 16.6. The van der Waals surface area contributed by atoms with Gasteiger partial charge in [0.15, 0.2) is 0 Å². The highest BCUT2D eigenvalue weighted by Crippen LogP contribution is 2.53. The van der Waals surface area contributed by atoms with E-state index in [2.05, 4.69) is 82.2 Å². The van der Waals surface area contributed by atoms with Crippen LogP contribution in [0.3, 0.4) is 0 Å². The molecule has 0 radical (unpaired) electrons. The molecule has 25 heavy (non-hydrogen) atoms. The lowest BCUT2D eigenvalue weighted by Crippen LogP contribution is -2.17. The fourth-order valence-corrected chi connectivity index (χ4v) is 9.34. The van der Waals surface area contributed by atoms with Crippen molar-refractivity contribution < 1.29 is 0 Å². The molecule has 1 aliphatic rings. The zero-order valence-corrected chi connectivity index (χ0v) is 20.2. The summed E-state index contributed by atoms with van der Waals surface area (Å²) in [6.07, 6.45) is 4.91. The van der Waals surface area contributed by atoms with E-state index in [0.717, 1.165) is 22.6 Å². The van der Waals surface area contributed by atoms with Crippen LogP contribution in [0.25, 0.3) is 0 Å². The van der Waals surface area contributed by atoms with Crippen LogP contribution in [0.4, 0.5) is 0 Å². The monoisotopic (exact) mass is 379 g/mol. The summed E-state index contributed by atoms with van der Waals surface area (Å²) in [6, 6.07) is 0. The van der Waals surface area contributed by atoms with Crippen molar-refractivity contribution >= 4 is 15.8 Å². The van der Waals surface area contributed by atoms with Gasteiger partial charge in [0, 0.05) is 0 Å². The van der Waals surface area contributed by atoms with Gasteiger partial charge in [0.2, 0.25) is 0 Å². The summed E-state index contributed by atoms with van der Waals surface area (Å²) >= 11 is 0. The van der Waals surface area contributed by atoms with Gasteiger partial charge < -0.3 is 0 Å². The van der Waals surface area contributed by atoms with E-state index in [4.69, 9.17) is 0 Å². The number of hydrogen-bond donors (Lipinski definition) is 0. The van der Waals surface area contributed by atoms with Crippen molar-refractivity contribution in [1.82, 2.24) is 0 Å². The molecule has 1 aliphatic carbocycles. The Hall–Kier alpha value is -0.0500. The maximum absolute atomic E-state index is 4.61. The van der Waals surface area contributed by atoms with E-state index >= 15 is 0 Å². The highest BCUT2D eigenvalue weighted by molar-refractivity contribution is 7.59. The molecule has 144 valence electrons. The molecule has 0 aromatic rings. The molecule has 0 bridgehead atoms. The molecule has 0 saturated carbocycles. The van der Waals surface area contributed by atoms with Gasteiger partial charge in [-0.2, -0.15) is 17.6 Å². The summed E-state index contributed by atoms with van der Waals surface area (Å²) < 4.78 is 0. The second-order valence-electron chi connectivity index (χ2n) is 8.67. The zero-order valence-electron chi connectivity index (χ0n) is 18.4. The van der Waals surface area contributed by atoms with Gasteiger partial charge >= 0.3 is 0 Å². The summed E-state index contributed by atoms with van der Waals surface area (Å²) in [6.45, 7) is 28.4. The van der Waals surface area contributed by atoms with Crippen molar-refractivity contribution in [1.29, 1.82) is 0 Å². The van der Waals surface area contributed by atoms with Crippen molar-refractivity contribution in [3.63, 3.8) is 0 Å². The van der Waals surface area contributed by atoms with Gasteiger partial charge in [0.1, 0.15) is 0 Å². The quantitative estimate of drug-likeness (QED) is 0.296. The van der Waals surface area contributed by atoms with Gasteiger partial charge in [0.25, 0.3) is 0 Å².